The molecule has 1 amide bonds. The fourth-order valence-corrected chi connectivity index (χ4v) is 1.36. The molecule has 0 heterocycles. The summed E-state index contributed by atoms with van der Waals surface area (Å²) in [6, 6.07) is 9.02. The summed E-state index contributed by atoms with van der Waals surface area (Å²) in [6.07, 6.45) is 0. The van der Waals surface area contributed by atoms with Crippen LogP contribution in [0.15, 0.2) is 47.0 Å². The number of nitrogens with zero attached hydrogens (tertiary/aromatic N) is 1. The van der Waals surface area contributed by atoms with Crippen molar-refractivity contribution in [1.82, 2.24) is 5.32 Å². The highest BCUT2D eigenvalue weighted by atomic mass is 16.3. The highest BCUT2D eigenvalue weighted by molar-refractivity contribution is 5.93. The quantitative estimate of drug-likeness (QED) is 0.477. The first-order chi connectivity index (χ1) is 8.06. The maximum atomic E-state index is 11.6. The number of aliphatic hydroxyl groups is 1. The maximum absolute atomic E-state index is 11.6. The van der Waals surface area contributed by atoms with Gasteiger partial charge >= 0.3 is 0 Å². The molecule has 0 unspecified atom stereocenters. The van der Waals surface area contributed by atoms with Crippen LogP contribution in [0.1, 0.15) is 25.5 Å². The van der Waals surface area contributed by atoms with Gasteiger partial charge in [-0.2, -0.15) is 0 Å². The molecular formula is C12H14N2O3. The summed E-state index contributed by atoms with van der Waals surface area (Å²) in [6.45, 7) is 3.02. The molecule has 0 aliphatic heterocycles. The van der Waals surface area contributed by atoms with Gasteiger partial charge in [0.1, 0.15) is 5.76 Å². The molecule has 1 aromatic carbocycles. The van der Waals surface area contributed by atoms with Crippen LogP contribution in [-0.4, -0.2) is 11.0 Å². The summed E-state index contributed by atoms with van der Waals surface area (Å²) in [5.74, 6) is -1.07. The van der Waals surface area contributed by atoms with E-state index in [4.69, 9.17) is 5.11 Å². The van der Waals surface area contributed by atoms with Gasteiger partial charge in [-0.15, -0.1) is 4.91 Å². The Bertz CT molecular complexity index is 436. The summed E-state index contributed by atoms with van der Waals surface area (Å²) in [5, 5.41) is 14.2. The molecule has 0 saturated carbocycles. The Morgan fingerprint density at radius 3 is 2.41 bits per heavy atom. The summed E-state index contributed by atoms with van der Waals surface area (Å²) < 4.78 is 0. The third kappa shape index (κ3) is 3.41. The molecule has 0 aromatic heterocycles. The zero-order chi connectivity index (χ0) is 12.8. The number of nitroso groups, excluding NO2 is 1. The lowest BCUT2D eigenvalue weighted by atomic mass is 10.1. The van der Waals surface area contributed by atoms with E-state index in [1.54, 1.807) is 6.92 Å². The van der Waals surface area contributed by atoms with Crippen molar-refractivity contribution in [3.8, 4) is 0 Å². The molecule has 0 fully saturated rings. The average Bonchev–Trinajstić information content (AvgIpc) is 2.30. The van der Waals surface area contributed by atoms with Crippen LogP contribution in [0.2, 0.25) is 0 Å². The number of carbonyl (C=O) groups is 1. The highest BCUT2D eigenvalue weighted by Gasteiger charge is 2.16. The minimum atomic E-state index is -0.684. The van der Waals surface area contributed by atoms with Gasteiger partial charge in [0, 0.05) is 0 Å². The van der Waals surface area contributed by atoms with E-state index in [1.807, 2.05) is 30.3 Å². The number of rotatable bonds is 4. The molecule has 0 radical (unpaired) electrons. The van der Waals surface area contributed by atoms with E-state index in [2.05, 4.69) is 10.5 Å². The Labute approximate surface area is 99.1 Å². The third-order valence-corrected chi connectivity index (χ3v) is 2.30. The van der Waals surface area contributed by atoms with Gasteiger partial charge in [-0.25, -0.2) is 0 Å². The second kappa shape index (κ2) is 5.79. The first-order valence-corrected chi connectivity index (χ1v) is 5.15. The van der Waals surface area contributed by atoms with Crippen molar-refractivity contribution in [3.63, 3.8) is 0 Å². The Morgan fingerprint density at radius 1 is 1.35 bits per heavy atom. The van der Waals surface area contributed by atoms with E-state index >= 15 is 0 Å². The second-order valence-corrected chi connectivity index (χ2v) is 3.63. The summed E-state index contributed by atoms with van der Waals surface area (Å²) >= 11 is 0. The normalized spacial score (nSPS) is 13.5. The van der Waals surface area contributed by atoms with Crippen LogP contribution in [0.4, 0.5) is 0 Å². The summed E-state index contributed by atoms with van der Waals surface area (Å²) in [4.78, 5) is 22.0. The molecule has 0 bridgehead atoms. The summed E-state index contributed by atoms with van der Waals surface area (Å²) in [7, 11) is 0. The van der Waals surface area contributed by atoms with Crippen molar-refractivity contribution < 1.29 is 9.90 Å². The highest BCUT2D eigenvalue weighted by Crippen LogP contribution is 2.12. The fraction of sp³-hybridized carbons (Fsp3) is 0.250. The van der Waals surface area contributed by atoms with Gasteiger partial charge in [0.05, 0.1) is 6.04 Å². The van der Waals surface area contributed by atoms with E-state index in [9.17, 15) is 9.70 Å². The predicted octanol–water partition coefficient (Wildman–Crippen LogP) is 2.42. The molecule has 0 aliphatic carbocycles. The van der Waals surface area contributed by atoms with Crippen molar-refractivity contribution in [2.45, 2.75) is 19.9 Å². The number of nitrogens with one attached hydrogen (secondary N) is 1. The van der Waals surface area contributed by atoms with Crippen LogP contribution in [-0.2, 0) is 4.79 Å². The average molecular weight is 234 g/mol. The maximum Gasteiger partial charge on any atom is 0.277 e. The zero-order valence-corrected chi connectivity index (χ0v) is 9.68. The molecule has 90 valence electrons. The van der Waals surface area contributed by atoms with Crippen LogP contribution in [0, 0.1) is 4.91 Å². The van der Waals surface area contributed by atoms with E-state index in [0.717, 1.165) is 5.56 Å². The van der Waals surface area contributed by atoms with Crippen molar-refractivity contribution >= 4 is 5.91 Å². The molecule has 5 nitrogen and oxygen atoms in total. The molecule has 0 aliphatic rings. The molecule has 17 heavy (non-hydrogen) atoms. The molecule has 5 heteroatoms. The molecule has 2 N–H and O–H groups in total. The molecule has 0 spiro atoms. The number of amides is 1. The summed E-state index contributed by atoms with van der Waals surface area (Å²) in [5.41, 5.74) is 0.412. The van der Waals surface area contributed by atoms with Crippen LogP contribution < -0.4 is 5.32 Å². The van der Waals surface area contributed by atoms with Crippen LogP contribution in [0.5, 0.6) is 0 Å². The lowest BCUT2D eigenvalue weighted by Gasteiger charge is -2.13. The third-order valence-electron chi connectivity index (χ3n) is 2.30. The van der Waals surface area contributed by atoms with E-state index in [0.29, 0.717) is 0 Å². The zero-order valence-electron chi connectivity index (χ0n) is 9.68. The van der Waals surface area contributed by atoms with Crippen LogP contribution in [0.25, 0.3) is 0 Å². The minimum absolute atomic E-state index is 0.264. The van der Waals surface area contributed by atoms with Gasteiger partial charge in [-0.3, -0.25) is 4.79 Å². The number of hydrogen-bond acceptors (Lipinski definition) is 4. The molecule has 0 saturated heterocycles. The van der Waals surface area contributed by atoms with Gasteiger partial charge in [0.25, 0.3) is 5.91 Å². The molecular weight excluding hydrogens is 220 g/mol. The van der Waals surface area contributed by atoms with Crippen molar-refractivity contribution in [1.29, 1.82) is 0 Å². The Kier molecular flexibility index (Phi) is 4.39. The van der Waals surface area contributed by atoms with E-state index in [-0.39, 0.29) is 6.04 Å². The van der Waals surface area contributed by atoms with Crippen LogP contribution >= 0.6 is 0 Å². The first-order valence-electron chi connectivity index (χ1n) is 5.15. The number of allylic oxidation sites excluding steroid dienone is 1. The lowest BCUT2D eigenvalue weighted by Crippen LogP contribution is -2.28. The number of benzene rings is 1. The predicted molar refractivity (Wildman–Crippen MR) is 64.1 cm³/mol. The van der Waals surface area contributed by atoms with Gasteiger partial charge in [-0.1, -0.05) is 30.3 Å². The van der Waals surface area contributed by atoms with Gasteiger partial charge < -0.3 is 10.4 Å². The minimum Gasteiger partial charge on any atom is -0.510 e. The van der Waals surface area contributed by atoms with E-state index in [1.165, 1.54) is 6.92 Å². The molecule has 1 aromatic rings. The lowest BCUT2D eigenvalue weighted by molar-refractivity contribution is -0.118. The monoisotopic (exact) mass is 234 g/mol. The number of hydrogen-bond donors (Lipinski definition) is 2. The van der Waals surface area contributed by atoms with Gasteiger partial charge in [-0.05, 0) is 24.6 Å². The van der Waals surface area contributed by atoms with Crippen molar-refractivity contribution in [3.05, 3.63) is 52.3 Å². The largest absolute Gasteiger partial charge is 0.510 e. The number of carbonyl (C=O) groups excluding carboxylic acids is 1. The first kappa shape index (κ1) is 12.9. The van der Waals surface area contributed by atoms with Crippen molar-refractivity contribution in [2.24, 2.45) is 5.18 Å². The van der Waals surface area contributed by atoms with Gasteiger partial charge in [0.2, 0.25) is 5.70 Å². The topological polar surface area (TPSA) is 78.8 Å². The SMILES string of the molecule is CC(O)=C(N=O)C(=O)N[C@@H](C)c1ccccc1. The Balaban J connectivity index is 2.77. The smallest absolute Gasteiger partial charge is 0.277 e. The molecule has 1 rings (SSSR count). The van der Waals surface area contributed by atoms with Crippen molar-refractivity contribution in [2.75, 3.05) is 0 Å². The Hall–Kier alpha value is -2.17. The van der Waals surface area contributed by atoms with Crippen LogP contribution in [0.3, 0.4) is 0 Å². The van der Waals surface area contributed by atoms with E-state index < -0.39 is 17.4 Å². The standard InChI is InChI=1S/C12H14N2O3/c1-8(10-6-4-3-5-7-10)13-12(16)11(14-17)9(2)15/h3-8,15H,1-2H3,(H,13,16)/t8-/m0/s1. The fourth-order valence-electron chi connectivity index (χ4n) is 1.36. The molecule has 1 atom stereocenters. The Morgan fingerprint density at radius 2 is 1.94 bits per heavy atom. The second-order valence-electron chi connectivity index (χ2n) is 3.63. The van der Waals surface area contributed by atoms with Gasteiger partial charge in [0.15, 0.2) is 0 Å². The number of aliphatic hydroxyl groups excluding tert-OH is 1.